The number of hydrogen-bond donors (Lipinski definition) is 1. The molecule has 4 aromatic rings. The third-order valence-electron chi connectivity index (χ3n) is 4.27. The highest BCUT2D eigenvalue weighted by molar-refractivity contribution is 5.99. The minimum Gasteiger partial charge on any atom is -0.392 e. The zero-order valence-corrected chi connectivity index (χ0v) is 13.2. The van der Waals surface area contributed by atoms with Crippen molar-refractivity contribution in [1.82, 2.24) is 4.98 Å². The van der Waals surface area contributed by atoms with E-state index in [1.54, 1.807) is 0 Å². The van der Waals surface area contributed by atoms with Crippen LogP contribution in [0.2, 0.25) is 0 Å². The molecule has 0 aliphatic carbocycles. The van der Waals surface area contributed by atoms with Gasteiger partial charge in [-0.25, -0.2) is 4.98 Å². The summed E-state index contributed by atoms with van der Waals surface area (Å²) < 4.78 is 0. The van der Waals surface area contributed by atoms with Crippen molar-refractivity contribution in [1.29, 1.82) is 0 Å². The molecule has 2 nitrogen and oxygen atoms in total. The van der Waals surface area contributed by atoms with Crippen molar-refractivity contribution in [3.05, 3.63) is 90.5 Å². The van der Waals surface area contributed by atoms with Gasteiger partial charge in [0, 0.05) is 22.1 Å². The van der Waals surface area contributed by atoms with Gasteiger partial charge < -0.3 is 5.11 Å². The largest absolute Gasteiger partial charge is 0.392 e. The molecule has 0 aliphatic rings. The van der Waals surface area contributed by atoms with Gasteiger partial charge in [0.1, 0.15) is 0 Å². The third kappa shape index (κ3) is 2.47. The minimum absolute atomic E-state index is 0.0349. The Hall–Kier alpha value is -2.97. The lowest BCUT2D eigenvalue weighted by molar-refractivity contribution is 0.283. The second-order valence-corrected chi connectivity index (χ2v) is 5.72. The Morgan fingerprint density at radius 3 is 1.67 bits per heavy atom. The molecule has 0 atom stereocenters. The average molecular weight is 311 g/mol. The minimum atomic E-state index is -0.0349. The fourth-order valence-electron chi connectivity index (χ4n) is 3.13. The molecule has 1 heterocycles. The van der Waals surface area contributed by atoms with Crippen LogP contribution in [0.1, 0.15) is 5.56 Å². The van der Waals surface area contributed by atoms with Gasteiger partial charge in [-0.3, -0.25) is 0 Å². The van der Waals surface area contributed by atoms with Crippen LogP contribution in [0.3, 0.4) is 0 Å². The zero-order chi connectivity index (χ0) is 16.4. The molecule has 1 N–H and O–H groups in total. The zero-order valence-electron chi connectivity index (χ0n) is 13.2. The first-order valence-electron chi connectivity index (χ1n) is 8.02. The number of aliphatic hydroxyl groups is 1. The quantitative estimate of drug-likeness (QED) is 0.573. The summed E-state index contributed by atoms with van der Waals surface area (Å²) in [4.78, 5) is 4.95. The highest BCUT2D eigenvalue weighted by Crippen LogP contribution is 2.34. The van der Waals surface area contributed by atoms with Crippen LogP contribution in [0.4, 0.5) is 0 Å². The van der Waals surface area contributed by atoms with Crippen LogP contribution in [0.5, 0.6) is 0 Å². The normalized spacial score (nSPS) is 10.9. The topological polar surface area (TPSA) is 33.1 Å². The highest BCUT2D eigenvalue weighted by Gasteiger charge is 2.15. The van der Waals surface area contributed by atoms with Crippen molar-refractivity contribution in [3.8, 4) is 22.5 Å². The van der Waals surface area contributed by atoms with Gasteiger partial charge in [-0.15, -0.1) is 0 Å². The van der Waals surface area contributed by atoms with E-state index in [1.165, 1.54) is 0 Å². The molecule has 2 heteroatoms. The Balaban J connectivity index is 2.10. The summed E-state index contributed by atoms with van der Waals surface area (Å²) in [5, 5.41) is 12.1. The third-order valence-corrected chi connectivity index (χ3v) is 4.27. The molecular weight excluding hydrogens is 294 g/mol. The second-order valence-electron chi connectivity index (χ2n) is 5.72. The molecule has 0 aliphatic heterocycles. The van der Waals surface area contributed by atoms with Crippen molar-refractivity contribution < 1.29 is 5.11 Å². The maximum atomic E-state index is 10.00. The van der Waals surface area contributed by atoms with E-state index in [0.717, 1.165) is 38.9 Å². The van der Waals surface area contributed by atoms with Crippen molar-refractivity contribution in [3.63, 3.8) is 0 Å². The summed E-state index contributed by atoms with van der Waals surface area (Å²) in [6, 6.07) is 28.4. The number of pyridine rings is 1. The van der Waals surface area contributed by atoms with Gasteiger partial charge >= 0.3 is 0 Å². The number of benzene rings is 3. The fraction of sp³-hybridized carbons (Fsp3) is 0.0455. The van der Waals surface area contributed by atoms with E-state index >= 15 is 0 Å². The Bertz CT molecular complexity index is 979. The predicted octanol–water partition coefficient (Wildman–Crippen LogP) is 5.06. The van der Waals surface area contributed by atoms with E-state index in [0.29, 0.717) is 0 Å². The summed E-state index contributed by atoms with van der Waals surface area (Å²) >= 11 is 0. The Kier molecular flexibility index (Phi) is 3.81. The van der Waals surface area contributed by atoms with Gasteiger partial charge in [-0.2, -0.15) is 0 Å². The van der Waals surface area contributed by atoms with E-state index in [-0.39, 0.29) is 6.61 Å². The smallest absolute Gasteiger partial charge is 0.0788 e. The van der Waals surface area contributed by atoms with Gasteiger partial charge in [0.15, 0.2) is 0 Å². The van der Waals surface area contributed by atoms with E-state index < -0.39 is 0 Å². The molecule has 0 fully saturated rings. The number of aromatic nitrogens is 1. The first-order chi connectivity index (χ1) is 11.9. The number of hydrogen-bond acceptors (Lipinski definition) is 2. The van der Waals surface area contributed by atoms with Crippen LogP contribution in [-0.4, -0.2) is 10.1 Å². The van der Waals surface area contributed by atoms with Crippen LogP contribution in [-0.2, 0) is 6.61 Å². The van der Waals surface area contributed by atoms with E-state index in [4.69, 9.17) is 4.98 Å². The lowest BCUT2D eigenvalue weighted by atomic mass is 9.96. The lowest BCUT2D eigenvalue weighted by Crippen LogP contribution is -1.98. The number of aliphatic hydroxyl groups excluding tert-OH is 1. The van der Waals surface area contributed by atoms with Crippen molar-refractivity contribution in [2.24, 2.45) is 0 Å². The summed E-state index contributed by atoms with van der Waals surface area (Å²) in [7, 11) is 0. The standard InChI is InChI=1S/C22H17NO/c24-15-20-18-13-7-8-14-19(18)21(16-9-3-1-4-10-16)23-22(20)17-11-5-2-6-12-17/h1-14,24H,15H2. The van der Waals surface area contributed by atoms with Crippen molar-refractivity contribution in [2.45, 2.75) is 6.61 Å². The molecule has 4 rings (SSSR count). The van der Waals surface area contributed by atoms with Crippen LogP contribution >= 0.6 is 0 Å². The van der Waals surface area contributed by atoms with E-state index in [2.05, 4.69) is 24.3 Å². The Labute approximate surface area is 141 Å². The molecule has 3 aromatic carbocycles. The maximum absolute atomic E-state index is 10.00. The molecule has 0 amide bonds. The summed E-state index contributed by atoms with van der Waals surface area (Å²) in [5.74, 6) is 0. The molecule has 0 saturated carbocycles. The monoisotopic (exact) mass is 311 g/mol. The van der Waals surface area contributed by atoms with Crippen LogP contribution < -0.4 is 0 Å². The van der Waals surface area contributed by atoms with Gasteiger partial charge in [-0.05, 0) is 5.39 Å². The maximum Gasteiger partial charge on any atom is 0.0788 e. The Morgan fingerprint density at radius 1 is 0.583 bits per heavy atom. The lowest BCUT2D eigenvalue weighted by Gasteiger charge is -2.15. The number of nitrogens with zero attached hydrogens (tertiary/aromatic N) is 1. The Morgan fingerprint density at radius 2 is 1.08 bits per heavy atom. The summed E-state index contributed by atoms with van der Waals surface area (Å²) in [6.45, 7) is -0.0349. The summed E-state index contributed by atoms with van der Waals surface area (Å²) in [6.07, 6.45) is 0. The first kappa shape index (κ1) is 14.6. The second kappa shape index (κ2) is 6.26. The van der Waals surface area contributed by atoms with Gasteiger partial charge in [0.2, 0.25) is 0 Å². The molecule has 0 bridgehead atoms. The van der Waals surface area contributed by atoms with E-state index in [1.807, 2.05) is 60.7 Å². The first-order valence-corrected chi connectivity index (χ1v) is 8.02. The SMILES string of the molecule is OCc1c(-c2ccccc2)nc(-c2ccccc2)c2ccccc12. The number of fused-ring (bicyclic) bond motifs is 1. The molecule has 24 heavy (non-hydrogen) atoms. The molecule has 116 valence electrons. The molecule has 0 radical (unpaired) electrons. The molecule has 0 saturated heterocycles. The molecule has 0 unspecified atom stereocenters. The van der Waals surface area contributed by atoms with Crippen LogP contribution in [0, 0.1) is 0 Å². The fourth-order valence-corrected chi connectivity index (χ4v) is 3.13. The average Bonchev–Trinajstić information content (AvgIpc) is 2.68. The van der Waals surface area contributed by atoms with Crippen LogP contribution in [0.25, 0.3) is 33.3 Å². The van der Waals surface area contributed by atoms with Crippen molar-refractivity contribution >= 4 is 10.8 Å². The van der Waals surface area contributed by atoms with E-state index in [9.17, 15) is 5.11 Å². The molecule has 1 aromatic heterocycles. The molecule has 0 spiro atoms. The highest BCUT2D eigenvalue weighted by atomic mass is 16.3. The summed E-state index contributed by atoms with van der Waals surface area (Å²) in [5.41, 5.74) is 4.76. The van der Waals surface area contributed by atoms with Gasteiger partial charge in [-0.1, -0.05) is 84.9 Å². The van der Waals surface area contributed by atoms with Crippen LogP contribution in [0.15, 0.2) is 84.9 Å². The number of rotatable bonds is 3. The molecular formula is C22H17NO. The van der Waals surface area contributed by atoms with Gasteiger partial charge in [0.25, 0.3) is 0 Å². The predicted molar refractivity (Wildman–Crippen MR) is 98.5 cm³/mol. The van der Waals surface area contributed by atoms with Crippen molar-refractivity contribution in [2.75, 3.05) is 0 Å². The van der Waals surface area contributed by atoms with Gasteiger partial charge in [0.05, 0.1) is 18.0 Å².